The van der Waals surface area contributed by atoms with Gasteiger partial charge in [0.25, 0.3) is 5.91 Å². The van der Waals surface area contributed by atoms with Gasteiger partial charge in [0.15, 0.2) is 0 Å². The summed E-state index contributed by atoms with van der Waals surface area (Å²) in [4.78, 5) is 17.4. The number of methoxy groups -OCH3 is 2. The molecule has 1 N–H and O–H groups in total. The number of aryl methyl sites for hydroxylation is 1. The van der Waals surface area contributed by atoms with E-state index in [-0.39, 0.29) is 5.91 Å². The molecule has 0 aliphatic carbocycles. The van der Waals surface area contributed by atoms with E-state index in [9.17, 15) is 4.79 Å². The SMILES string of the molecule is COc1cc(-c2cnc3cc(-c4cnn(C)c4)ccn23)cc(OC)c1C(=O)NCC(C)C. The Morgan fingerprint density at radius 2 is 1.78 bits per heavy atom. The Kier molecular flexibility index (Phi) is 5.85. The van der Waals surface area contributed by atoms with Crippen LogP contribution in [0.3, 0.4) is 0 Å². The van der Waals surface area contributed by atoms with Crippen molar-refractivity contribution in [1.29, 1.82) is 0 Å². The average molecular weight is 434 g/mol. The highest BCUT2D eigenvalue weighted by atomic mass is 16.5. The van der Waals surface area contributed by atoms with E-state index in [1.165, 1.54) is 0 Å². The lowest BCUT2D eigenvalue weighted by Crippen LogP contribution is -2.28. The topological polar surface area (TPSA) is 82.7 Å². The molecule has 8 nitrogen and oxygen atoms in total. The zero-order valence-corrected chi connectivity index (χ0v) is 18.9. The summed E-state index contributed by atoms with van der Waals surface area (Å²) in [5, 5.41) is 7.17. The first-order chi connectivity index (χ1) is 15.4. The maximum atomic E-state index is 12.8. The third-order valence-electron chi connectivity index (χ3n) is 5.25. The molecule has 0 radical (unpaired) electrons. The van der Waals surface area contributed by atoms with Crippen LogP contribution >= 0.6 is 0 Å². The fourth-order valence-electron chi connectivity index (χ4n) is 3.61. The fourth-order valence-corrected chi connectivity index (χ4v) is 3.61. The van der Waals surface area contributed by atoms with Crippen LogP contribution in [0.25, 0.3) is 28.0 Å². The molecule has 0 spiro atoms. The minimum Gasteiger partial charge on any atom is -0.496 e. The van der Waals surface area contributed by atoms with Crippen LogP contribution in [0.2, 0.25) is 0 Å². The Hall–Kier alpha value is -3.81. The average Bonchev–Trinajstić information content (AvgIpc) is 3.42. The summed E-state index contributed by atoms with van der Waals surface area (Å²) >= 11 is 0. The number of rotatable bonds is 7. The lowest BCUT2D eigenvalue weighted by Gasteiger charge is -2.16. The Balaban J connectivity index is 1.75. The van der Waals surface area contributed by atoms with Crippen LogP contribution in [0.15, 0.2) is 49.1 Å². The van der Waals surface area contributed by atoms with E-state index >= 15 is 0 Å². The second kappa shape index (κ2) is 8.74. The van der Waals surface area contributed by atoms with Crippen LogP contribution in [0.1, 0.15) is 24.2 Å². The van der Waals surface area contributed by atoms with Crippen molar-refractivity contribution in [1.82, 2.24) is 24.5 Å². The number of carbonyl (C=O) groups excluding carboxylic acids is 1. The first-order valence-corrected chi connectivity index (χ1v) is 10.4. The van der Waals surface area contributed by atoms with Gasteiger partial charge in [-0.15, -0.1) is 0 Å². The minimum absolute atomic E-state index is 0.224. The predicted octanol–water partition coefficient (Wildman–Crippen LogP) is 3.80. The molecular weight excluding hydrogens is 406 g/mol. The zero-order chi connectivity index (χ0) is 22.8. The summed E-state index contributed by atoms with van der Waals surface area (Å²) in [6.45, 7) is 4.66. The van der Waals surface area contributed by atoms with E-state index in [0.29, 0.717) is 29.5 Å². The number of hydrogen-bond acceptors (Lipinski definition) is 5. The van der Waals surface area contributed by atoms with Crippen molar-refractivity contribution in [2.24, 2.45) is 13.0 Å². The van der Waals surface area contributed by atoms with Gasteiger partial charge in [-0.1, -0.05) is 13.8 Å². The summed E-state index contributed by atoms with van der Waals surface area (Å²) in [6.07, 6.45) is 7.57. The van der Waals surface area contributed by atoms with Crippen molar-refractivity contribution >= 4 is 11.6 Å². The number of pyridine rings is 1. The van der Waals surface area contributed by atoms with Gasteiger partial charge < -0.3 is 14.8 Å². The number of fused-ring (bicyclic) bond motifs is 1. The third kappa shape index (κ3) is 4.03. The maximum absolute atomic E-state index is 12.8. The highest BCUT2D eigenvalue weighted by molar-refractivity contribution is 6.00. The van der Waals surface area contributed by atoms with Gasteiger partial charge in [-0.25, -0.2) is 4.98 Å². The Morgan fingerprint density at radius 3 is 2.38 bits per heavy atom. The van der Waals surface area contributed by atoms with Crippen molar-refractivity contribution in [2.75, 3.05) is 20.8 Å². The van der Waals surface area contributed by atoms with Crippen LogP contribution in [0.4, 0.5) is 0 Å². The molecule has 3 aromatic heterocycles. The van der Waals surface area contributed by atoms with Gasteiger partial charge in [0.2, 0.25) is 0 Å². The maximum Gasteiger partial charge on any atom is 0.258 e. The smallest absolute Gasteiger partial charge is 0.258 e. The van der Waals surface area contributed by atoms with E-state index < -0.39 is 0 Å². The molecule has 3 heterocycles. The molecule has 1 aromatic carbocycles. The number of benzene rings is 1. The molecule has 0 saturated heterocycles. The lowest BCUT2D eigenvalue weighted by molar-refractivity contribution is 0.0942. The molecule has 0 atom stereocenters. The van der Waals surface area contributed by atoms with Crippen molar-refractivity contribution in [3.05, 3.63) is 54.6 Å². The van der Waals surface area contributed by atoms with Gasteiger partial charge in [0.1, 0.15) is 22.7 Å². The van der Waals surface area contributed by atoms with Crippen LogP contribution in [0, 0.1) is 5.92 Å². The minimum atomic E-state index is -0.224. The quantitative estimate of drug-likeness (QED) is 0.479. The lowest BCUT2D eigenvalue weighted by atomic mass is 10.1. The molecule has 32 heavy (non-hydrogen) atoms. The Bertz CT molecular complexity index is 1250. The van der Waals surface area contributed by atoms with Crippen LogP contribution < -0.4 is 14.8 Å². The molecule has 0 aliphatic heterocycles. The molecule has 1 amide bonds. The number of amides is 1. The van der Waals surface area contributed by atoms with E-state index in [2.05, 4.69) is 15.4 Å². The molecule has 0 fully saturated rings. The van der Waals surface area contributed by atoms with Crippen LogP contribution in [0.5, 0.6) is 11.5 Å². The summed E-state index contributed by atoms with van der Waals surface area (Å²) in [6, 6.07) is 7.72. The largest absolute Gasteiger partial charge is 0.496 e. The molecular formula is C24H27N5O3. The molecule has 8 heteroatoms. The highest BCUT2D eigenvalue weighted by Crippen LogP contribution is 2.35. The first-order valence-electron chi connectivity index (χ1n) is 10.4. The second-order valence-corrected chi connectivity index (χ2v) is 8.05. The van der Waals surface area contributed by atoms with Gasteiger partial charge in [-0.2, -0.15) is 5.10 Å². The number of aromatic nitrogens is 4. The van der Waals surface area contributed by atoms with Gasteiger partial charge in [-0.3, -0.25) is 13.9 Å². The summed E-state index contributed by atoms with van der Waals surface area (Å²) < 4.78 is 14.9. The Morgan fingerprint density at radius 1 is 1.06 bits per heavy atom. The number of nitrogens with zero attached hydrogens (tertiary/aromatic N) is 4. The van der Waals surface area contributed by atoms with Crippen molar-refractivity contribution in [2.45, 2.75) is 13.8 Å². The normalized spacial score (nSPS) is 11.2. The molecule has 0 bridgehead atoms. The van der Waals surface area contributed by atoms with E-state index in [0.717, 1.165) is 28.0 Å². The Labute approximate surface area is 186 Å². The number of imidazole rings is 1. The number of nitrogens with one attached hydrogen (secondary N) is 1. The second-order valence-electron chi connectivity index (χ2n) is 8.05. The van der Waals surface area contributed by atoms with Gasteiger partial charge in [0, 0.05) is 37.1 Å². The van der Waals surface area contributed by atoms with E-state index in [1.54, 1.807) is 25.1 Å². The van der Waals surface area contributed by atoms with Gasteiger partial charge in [0.05, 0.1) is 32.3 Å². The first kappa shape index (κ1) is 21.4. The molecule has 4 rings (SSSR count). The molecule has 0 aliphatic rings. The number of carbonyl (C=O) groups is 1. The van der Waals surface area contributed by atoms with Crippen LogP contribution in [-0.2, 0) is 7.05 Å². The molecule has 166 valence electrons. The fraction of sp³-hybridized carbons (Fsp3) is 0.292. The van der Waals surface area contributed by atoms with E-state index in [1.807, 2.05) is 68.2 Å². The van der Waals surface area contributed by atoms with Crippen molar-refractivity contribution in [3.8, 4) is 33.9 Å². The van der Waals surface area contributed by atoms with E-state index in [4.69, 9.17) is 9.47 Å². The monoisotopic (exact) mass is 433 g/mol. The predicted molar refractivity (Wildman–Crippen MR) is 123 cm³/mol. The number of ether oxygens (including phenoxy) is 2. The third-order valence-corrected chi connectivity index (χ3v) is 5.25. The highest BCUT2D eigenvalue weighted by Gasteiger charge is 2.21. The van der Waals surface area contributed by atoms with Gasteiger partial charge >= 0.3 is 0 Å². The van der Waals surface area contributed by atoms with Gasteiger partial charge in [-0.05, 0) is 35.7 Å². The van der Waals surface area contributed by atoms with Crippen molar-refractivity contribution in [3.63, 3.8) is 0 Å². The standard InChI is InChI=1S/C24H27N5O3/c1-15(2)11-26-24(30)23-20(31-4)8-17(9-21(23)32-5)19-13-25-22-10-16(6-7-29(19)22)18-12-27-28(3)14-18/h6-10,12-15H,11H2,1-5H3,(H,26,30). The van der Waals surface area contributed by atoms with Crippen molar-refractivity contribution < 1.29 is 14.3 Å². The summed E-state index contributed by atoms with van der Waals surface area (Å²) in [5.41, 5.74) is 4.95. The molecule has 0 saturated carbocycles. The summed E-state index contributed by atoms with van der Waals surface area (Å²) in [5.74, 6) is 1.01. The van der Waals surface area contributed by atoms with Crippen LogP contribution in [-0.4, -0.2) is 45.8 Å². The summed E-state index contributed by atoms with van der Waals surface area (Å²) in [7, 11) is 4.99. The molecule has 0 unspecified atom stereocenters. The zero-order valence-electron chi connectivity index (χ0n) is 18.9. The number of hydrogen-bond donors (Lipinski definition) is 1. The molecule has 4 aromatic rings.